The minimum absolute atomic E-state index is 0.219. The second-order valence-electron chi connectivity index (χ2n) is 6.39. The number of aromatic hydroxyl groups is 1. The molecule has 5 unspecified atom stereocenters. The number of nitrogens with zero attached hydrogens (tertiary/aromatic N) is 2. The van der Waals surface area contributed by atoms with Crippen LogP contribution in [0.25, 0.3) is 0 Å². The number of nitrogens with one attached hydrogen (secondary N) is 1. The van der Waals surface area contributed by atoms with Gasteiger partial charge in [0.1, 0.15) is 17.9 Å². The molecular formula is C17H21N3O4. The highest BCUT2D eigenvalue weighted by molar-refractivity contribution is 5.31. The number of benzene rings is 1. The number of para-hydroxylation sites is 1. The molecule has 0 saturated carbocycles. The van der Waals surface area contributed by atoms with Crippen LogP contribution in [0.2, 0.25) is 0 Å². The van der Waals surface area contributed by atoms with Gasteiger partial charge in [-0.3, -0.25) is 4.68 Å². The van der Waals surface area contributed by atoms with Crippen molar-refractivity contribution in [3.8, 4) is 5.75 Å². The Morgan fingerprint density at radius 1 is 1.38 bits per heavy atom. The molecule has 1 aromatic carbocycles. The number of aliphatic hydroxyl groups excluding tert-OH is 1. The van der Waals surface area contributed by atoms with Gasteiger partial charge in [0.15, 0.2) is 6.29 Å². The van der Waals surface area contributed by atoms with Crippen LogP contribution in [-0.2, 0) is 16.0 Å². The van der Waals surface area contributed by atoms with Crippen molar-refractivity contribution in [2.75, 3.05) is 6.61 Å². The predicted octanol–water partition coefficient (Wildman–Crippen LogP) is 0.713. The van der Waals surface area contributed by atoms with E-state index in [0.29, 0.717) is 13.2 Å². The van der Waals surface area contributed by atoms with Crippen molar-refractivity contribution >= 4 is 0 Å². The molecule has 7 nitrogen and oxygen atoms in total. The van der Waals surface area contributed by atoms with E-state index in [1.165, 1.54) is 0 Å². The number of rotatable bonds is 4. The van der Waals surface area contributed by atoms with Crippen molar-refractivity contribution in [2.45, 2.75) is 44.1 Å². The van der Waals surface area contributed by atoms with E-state index in [2.05, 4.69) is 10.4 Å². The molecule has 24 heavy (non-hydrogen) atoms. The molecule has 3 N–H and O–H groups in total. The zero-order valence-electron chi connectivity index (χ0n) is 13.4. The molecule has 2 aliphatic rings. The standard InChI is InChI=1S/C17H21N3O4/c1-10-6-19-20(8-10)15-16(22)14(13-9-23-17(15)24-13)18-7-11-4-2-3-5-12(11)21/h2-6,8,13-18,21-22H,7,9H2,1H3. The van der Waals surface area contributed by atoms with Gasteiger partial charge in [-0.2, -0.15) is 5.10 Å². The zero-order chi connectivity index (χ0) is 16.7. The number of hydrogen-bond donors (Lipinski definition) is 3. The number of phenols is 1. The lowest BCUT2D eigenvalue weighted by Crippen LogP contribution is -2.57. The Morgan fingerprint density at radius 3 is 2.96 bits per heavy atom. The van der Waals surface area contributed by atoms with Gasteiger partial charge in [-0.25, -0.2) is 0 Å². The Hall–Kier alpha value is -1.93. The van der Waals surface area contributed by atoms with Crippen molar-refractivity contribution in [1.82, 2.24) is 15.1 Å². The van der Waals surface area contributed by atoms with Crippen LogP contribution in [0.5, 0.6) is 5.75 Å². The third-order valence-corrected chi connectivity index (χ3v) is 4.69. The summed E-state index contributed by atoms with van der Waals surface area (Å²) in [7, 11) is 0. The molecular weight excluding hydrogens is 310 g/mol. The molecule has 7 heteroatoms. The molecule has 2 fully saturated rings. The second kappa shape index (κ2) is 6.18. The molecule has 0 radical (unpaired) electrons. The molecule has 0 amide bonds. The van der Waals surface area contributed by atoms with Crippen LogP contribution < -0.4 is 5.32 Å². The van der Waals surface area contributed by atoms with Crippen LogP contribution in [0.3, 0.4) is 0 Å². The monoisotopic (exact) mass is 331 g/mol. The smallest absolute Gasteiger partial charge is 0.183 e. The lowest BCUT2D eigenvalue weighted by atomic mass is 9.96. The van der Waals surface area contributed by atoms with E-state index < -0.39 is 18.4 Å². The van der Waals surface area contributed by atoms with Crippen molar-refractivity contribution in [3.63, 3.8) is 0 Å². The Morgan fingerprint density at radius 2 is 2.21 bits per heavy atom. The highest BCUT2D eigenvalue weighted by atomic mass is 16.7. The van der Waals surface area contributed by atoms with Gasteiger partial charge in [-0.1, -0.05) is 18.2 Å². The van der Waals surface area contributed by atoms with E-state index >= 15 is 0 Å². The first-order chi connectivity index (χ1) is 11.6. The van der Waals surface area contributed by atoms with Gasteiger partial charge in [-0.05, 0) is 18.6 Å². The summed E-state index contributed by atoms with van der Waals surface area (Å²) in [6.45, 7) is 2.81. The summed E-state index contributed by atoms with van der Waals surface area (Å²) >= 11 is 0. The number of aryl methyl sites for hydroxylation is 1. The number of aromatic nitrogens is 2. The summed E-state index contributed by atoms with van der Waals surface area (Å²) in [5.41, 5.74) is 1.79. The molecule has 1 aromatic heterocycles. The molecule has 128 valence electrons. The van der Waals surface area contributed by atoms with Crippen LogP contribution >= 0.6 is 0 Å². The molecule has 2 saturated heterocycles. The predicted molar refractivity (Wildman–Crippen MR) is 85.4 cm³/mol. The average Bonchev–Trinajstić information content (AvgIpc) is 3.17. The van der Waals surface area contributed by atoms with E-state index in [1.807, 2.05) is 25.3 Å². The van der Waals surface area contributed by atoms with Crippen LogP contribution in [0.15, 0.2) is 36.7 Å². The van der Waals surface area contributed by atoms with E-state index in [1.54, 1.807) is 23.0 Å². The minimum Gasteiger partial charge on any atom is -0.508 e. The first-order valence-electron chi connectivity index (χ1n) is 8.09. The van der Waals surface area contributed by atoms with E-state index in [4.69, 9.17) is 9.47 Å². The van der Waals surface area contributed by atoms with Crippen LogP contribution in [0, 0.1) is 6.92 Å². The maximum Gasteiger partial charge on any atom is 0.183 e. The molecule has 2 aliphatic heterocycles. The molecule has 4 rings (SSSR count). The van der Waals surface area contributed by atoms with Crippen LogP contribution in [0.4, 0.5) is 0 Å². The third-order valence-electron chi connectivity index (χ3n) is 4.69. The van der Waals surface area contributed by atoms with Gasteiger partial charge in [0.25, 0.3) is 0 Å². The van der Waals surface area contributed by atoms with E-state index in [0.717, 1.165) is 11.1 Å². The molecule has 2 bridgehead atoms. The molecule has 3 heterocycles. The number of hydrogen-bond acceptors (Lipinski definition) is 6. The van der Waals surface area contributed by atoms with Gasteiger partial charge in [0.05, 0.1) is 24.9 Å². The molecule has 5 atom stereocenters. The fourth-order valence-electron chi connectivity index (χ4n) is 3.42. The van der Waals surface area contributed by atoms with Crippen molar-refractivity contribution in [2.24, 2.45) is 0 Å². The van der Waals surface area contributed by atoms with Crippen molar-refractivity contribution < 1.29 is 19.7 Å². The first-order valence-corrected chi connectivity index (χ1v) is 8.09. The van der Waals surface area contributed by atoms with Gasteiger partial charge in [0.2, 0.25) is 0 Å². The molecule has 2 aromatic rings. The summed E-state index contributed by atoms with van der Waals surface area (Å²) < 4.78 is 13.3. The SMILES string of the molecule is Cc1cnn(C2C3OCC(O3)C(NCc3ccccc3O)C2O)c1. The minimum atomic E-state index is -0.707. The molecule has 0 spiro atoms. The number of fused-ring (bicyclic) bond motifs is 2. The summed E-state index contributed by atoms with van der Waals surface area (Å²) in [5.74, 6) is 0.232. The lowest BCUT2D eigenvalue weighted by molar-refractivity contribution is -0.168. The van der Waals surface area contributed by atoms with Crippen LogP contribution in [-0.4, -0.2) is 51.1 Å². The summed E-state index contributed by atoms with van der Waals surface area (Å²) in [6.07, 6.45) is 2.20. The van der Waals surface area contributed by atoms with Gasteiger partial charge in [-0.15, -0.1) is 0 Å². The van der Waals surface area contributed by atoms with Gasteiger partial charge in [0, 0.05) is 18.3 Å². The Bertz CT molecular complexity index is 719. The summed E-state index contributed by atoms with van der Waals surface area (Å²) in [4.78, 5) is 0. The quantitative estimate of drug-likeness (QED) is 0.765. The maximum atomic E-state index is 10.9. The largest absolute Gasteiger partial charge is 0.508 e. The number of aliphatic hydroxyl groups is 1. The van der Waals surface area contributed by atoms with E-state index in [9.17, 15) is 10.2 Å². The normalized spacial score (nSPS) is 32.2. The van der Waals surface area contributed by atoms with Crippen molar-refractivity contribution in [1.29, 1.82) is 0 Å². The van der Waals surface area contributed by atoms with Crippen LogP contribution in [0.1, 0.15) is 17.2 Å². The summed E-state index contributed by atoms with van der Waals surface area (Å²) in [6, 6.07) is 6.43. The fourth-order valence-corrected chi connectivity index (χ4v) is 3.42. The second-order valence-corrected chi connectivity index (χ2v) is 6.39. The Balaban J connectivity index is 1.53. The highest BCUT2D eigenvalue weighted by Crippen LogP contribution is 2.35. The molecule has 0 aliphatic carbocycles. The van der Waals surface area contributed by atoms with Gasteiger partial charge < -0.3 is 25.0 Å². The van der Waals surface area contributed by atoms with Gasteiger partial charge >= 0.3 is 0 Å². The summed E-state index contributed by atoms with van der Waals surface area (Å²) in [5, 5.41) is 28.4. The number of ether oxygens (including phenoxy) is 2. The van der Waals surface area contributed by atoms with E-state index in [-0.39, 0.29) is 17.9 Å². The first kappa shape index (κ1) is 15.6. The Kier molecular flexibility index (Phi) is 4.01. The Labute approximate surface area is 139 Å². The highest BCUT2D eigenvalue weighted by Gasteiger charge is 2.51. The number of phenolic OH excluding ortho intramolecular Hbond substituents is 1. The maximum absolute atomic E-state index is 10.9. The lowest BCUT2D eigenvalue weighted by Gasteiger charge is -2.38. The fraction of sp³-hybridized carbons (Fsp3) is 0.471. The van der Waals surface area contributed by atoms with Crippen molar-refractivity contribution in [3.05, 3.63) is 47.8 Å². The average molecular weight is 331 g/mol. The zero-order valence-corrected chi connectivity index (χ0v) is 13.4. The topological polar surface area (TPSA) is 88.8 Å². The third kappa shape index (κ3) is 2.69.